The maximum Gasteiger partial charge on any atom is 0.313 e. The van der Waals surface area contributed by atoms with Crippen molar-refractivity contribution in [2.45, 2.75) is 6.42 Å². The number of thioether (sulfide) groups is 1. The minimum atomic E-state index is -0.958. The van der Waals surface area contributed by atoms with Gasteiger partial charge in [-0.15, -0.1) is 11.8 Å². The molecule has 0 aliphatic carbocycles. The number of fused-ring (bicyclic) bond motifs is 1. The Hall–Kier alpha value is -1.56. The zero-order valence-corrected chi connectivity index (χ0v) is 10.4. The Balaban J connectivity index is 2.04. The molecule has 4 nitrogen and oxygen atoms in total. The number of hydrogen-bond donors (Lipinski definition) is 1. The SMILES string of the molecule is O=C(O)CSCC(=O)N1CCc2cccc(F)c21. The van der Waals surface area contributed by atoms with E-state index in [9.17, 15) is 14.0 Å². The van der Waals surface area contributed by atoms with Crippen molar-refractivity contribution in [1.82, 2.24) is 0 Å². The third-order valence-corrected chi connectivity index (χ3v) is 3.60. The molecule has 6 heteroatoms. The predicted octanol–water partition coefficient (Wildman–Crippen LogP) is 1.53. The van der Waals surface area contributed by atoms with E-state index in [1.54, 1.807) is 12.1 Å². The number of nitrogens with zero attached hydrogens (tertiary/aromatic N) is 1. The van der Waals surface area contributed by atoms with E-state index in [0.29, 0.717) is 18.7 Å². The lowest BCUT2D eigenvalue weighted by atomic mass is 10.1. The van der Waals surface area contributed by atoms with Crippen LogP contribution < -0.4 is 4.90 Å². The summed E-state index contributed by atoms with van der Waals surface area (Å²) in [5.41, 5.74) is 1.17. The molecular weight excluding hydrogens is 257 g/mol. The normalized spacial score (nSPS) is 13.5. The summed E-state index contributed by atoms with van der Waals surface area (Å²) in [5, 5.41) is 8.49. The Morgan fingerprint density at radius 3 is 2.89 bits per heavy atom. The summed E-state index contributed by atoms with van der Waals surface area (Å²) in [6.45, 7) is 0.461. The van der Waals surface area contributed by atoms with E-state index in [4.69, 9.17) is 5.11 Å². The highest BCUT2D eigenvalue weighted by Gasteiger charge is 2.27. The van der Waals surface area contributed by atoms with Gasteiger partial charge in [0.05, 0.1) is 17.2 Å². The molecule has 1 N–H and O–H groups in total. The second-order valence-corrected chi connectivity index (χ2v) is 4.92. The summed E-state index contributed by atoms with van der Waals surface area (Å²) in [6.07, 6.45) is 0.641. The molecule has 96 valence electrons. The Bertz CT molecular complexity index is 492. The molecule has 0 radical (unpaired) electrons. The first-order valence-electron chi connectivity index (χ1n) is 5.47. The van der Waals surface area contributed by atoms with Crippen molar-refractivity contribution < 1.29 is 19.1 Å². The number of rotatable bonds is 4. The molecule has 0 atom stereocenters. The zero-order valence-electron chi connectivity index (χ0n) is 9.56. The van der Waals surface area contributed by atoms with Gasteiger partial charge in [-0.2, -0.15) is 0 Å². The molecule has 18 heavy (non-hydrogen) atoms. The largest absolute Gasteiger partial charge is 0.481 e. The topological polar surface area (TPSA) is 57.6 Å². The first-order chi connectivity index (χ1) is 8.59. The van der Waals surface area contributed by atoms with Crippen LogP contribution in [0.4, 0.5) is 10.1 Å². The molecule has 0 saturated carbocycles. The number of aliphatic carboxylic acids is 1. The number of carbonyl (C=O) groups excluding carboxylic acids is 1. The molecule has 0 unspecified atom stereocenters. The summed E-state index contributed by atoms with van der Waals surface area (Å²) in [5.74, 6) is -1.67. The number of carboxylic acids is 1. The van der Waals surface area contributed by atoms with Gasteiger partial charge in [-0.25, -0.2) is 4.39 Å². The summed E-state index contributed by atoms with van der Waals surface area (Å²) < 4.78 is 13.7. The van der Waals surface area contributed by atoms with Crippen LogP contribution in [0.25, 0.3) is 0 Å². The van der Waals surface area contributed by atoms with Crippen LogP contribution in [0, 0.1) is 5.82 Å². The Morgan fingerprint density at radius 1 is 1.39 bits per heavy atom. The first-order valence-corrected chi connectivity index (χ1v) is 6.62. The number of hydrogen-bond acceptors (Lipinski definition) is 3. The van der Waals surface area contributed by atoms with Gasteiger partial charge in [-0.05, 0) is 18.1 Å². The van der Waals surface area contributed by atoms with Crippen LogP contribution in [0.2, 0.25) is 0 Å². The molecule has 1 aliphatic heterocycles. The molecule has 1 aromatic rings. The van der Waals surface area contributed by atoms with Crippen LogP contribution in [0.15, 0.2) is 18.2 Å². The van der Waals surface area contributed by atoms with Gasteiger partial charge >= 0.3 is 5.97 Å². The monoisotopic (exact) mass is 269 g/mol. The average Bonchev–Trinajstić information content (AvgIpc) is 2.73. The molecule has 1 amide bonds. The summed E-state index contributed by atoms with van der Waals surface area (Å²) in [7, 11) is 0. The number of carbonyl (C=O) groups is 2. The maximum absolute atomic E-state index is 13.7. The molecule has 0 saturated heterocycles. The number of anilines is 1. The zero-order chi connectivity index (χ0) is 13.1. The molecule has 0 fully saturated rings. The highest BCUT2D eigenvalue weighted by molar-refractivity contribution is 8.00. The van der Waals surface area contributed by atoms with Gasteiger partial charge in [0.2, 0.25) is 5.91 Å². The van der Waals surface area contributed by atoms with Crippen molar-refractivity contribution in [3.63, 3.8) is 0 Å². The van der Waals surface area contributed by atoms with Crippen molar-refractivity contribution in [1.29, 1.82) is 0 Å². The molecule has 1 heterocycles. The van der Waals surface area contributed by atoms with E-state index in [2.05, 4.69) is 0 Å². The van der Waals surface area contributed by atoms with Crippen LogP contribution in [-0.4, -0.2) is 35.0 Å². The van der Waals surface area contributed by atoms with E-state index in [-0.39, 0.29) is 17.4 Å². The molecular formula is C12H12FNO3S. The average molecular weight is 269 g/mol. The van der Waals surface area contributed by atoms with Crippen molar-refractivity contribution in [3.05, 3.63) is 29.6 Å². The van der Waals surface area contributed by atoms with Crippen LogP contribution in [0.1, 0.15) is 5.56 Å². The van der Waals surface area contributed by atoms with Crippen molar-refractivity contribution in [3.8, 4) is 0 Å². The highest BCUT2D eigenvalue weighted by atomic mass is 32.2. The van der Waals surface area contributed by atoms with Crippen LogP contribution in [-0.2, 0) is 16.0 Å². The van der Waals surface area contributed by atoms with Crippen molar-refractivity contribution in [2.75, 3.05) is 23.0 Å². The van der Waals surface area contributed by atoms with Gasteiger partial charge in [0.1, 0.15) is 5.82 Å². The van der Waals surface area contributed by atoms with Gasteiger partial charge in [0.25, 0.3) is 0 Å². The lowest BCUT2D eigenvalue weighted by Gasteiger charge is -2.17. The second kappa shape index (κ2) is 5.39. The quantitative estimate of drug-likeness (QED) is 0.900. The lowest BCUT2D eigenvalue weighted by Crippen LogP contribution is -2.31. The van der Waals surface area contributed by atoms with Gasteiger partial charge in [-0.1, -0.05) is 12.1 Å². The third-order valence-electron chi connectivity index (χ3n) is 2.70. The van der Waals surface area contributed by atoms with Gasteiger partial charge < -0.3 is 10.0 Å². The van der Waals surface area contributed by atoms with E-state index in [0.717, 1.165) is 17.3 Å². The third kappa shape index (κ3) is 2.64. The molecule has 1 aromatic carbocycles. The number of carboxylic acid groups (broad SMARTS) is 1. The van der Waals surface area contributed by atoms with Crippen molar-refractivity contribution >= 4 is 29.3 Å². The van der Waals surface area contributed by atoms with E-state index in [1.165, 1.54) is 11.0 Å². The Kier molecular flexibility index (Phi) is 3.86. The smallest absolute Gasteiger partial charge is 0.313 e. The molecule has 0 bridgehead atoms. The summed E-state index contributed by atoms with van der Waals surface area (Å²) in [4.78, 5) is 23.6. The highest BCUT2D eigenvalue weighted by Crippen LogP contribution is 2.31. The minimum Gasteiger partial charge on any atom is -0.481 e. The Morgan fingerprint density at radius 2 is 2.17 bits per heavy atom. The van der Waals surface area contributed by atoms with Gasteiger partial charge in [-0.3, -0.25) is 9.59 Å². The van der Waals surface area contributed by atoms with E-state index in [1.807, 2.05) is 0 Å². The fourth-order valence-electron chi connectivity index (χ4n) is 1.96. The standard InChI is InChI=1S/C12H12FNO3S/c13-9-3-1-2-8-4-5-14(12(8)9)10(15)6-18-7-11(16)17/h1-3H,4-7H2,(H,16,17). The fourth-order valence-corrected chi connectivity index (χ4v) is 2.57. The molecule has 1 aliphatic rings. The summed E-state index contributed by atoms with van der Waals surface area (Å²) in [6, 6.07) is 4.76. The Labute approximate surface area is 108 Å². The molecule has 0 aromatic heterocycles. The summed E-state index contributed by atoms with van der Waals surface area (Å²) >= 11 is 1.02. The number of halogens is 1. The maximum atomic E-state index is 13.7. The van der Waals surface area contributed by atoms with Crippen molar-refractivity contribution in [2.24, 2.45) is 0 Å². The van der Waals surface area contributed by atoms with Gasteiger partial charge in [0, 0.05) is 6.54 Å². The fraction of sp³-hybridized carbons (Fsp3) is 0.333. The predicted molar refractivity (Wildman–Crippen MR) is 67.4 cm³/mol. The number of amides is 1. The van der Waals surface area contributed by atoms with E-state index >= 15 is 0 Å². The first kappa shape index (κ1) is 12.9. The van der Waals surface area contributed by atoms with Crippen LogP contribution in [0.3, 0.4) is 0 Å². The van der Waals surface area contributed by atoms with Gasteiger partial charge in [0.15, 0.2) is 0 Å². The lowest BCUT2D eigenvalue weighted by molar-refractivity contribution is -0.133. The van der Waals surface area contributed by atoms with E-state index < -0.39 is 11.8 Å². The second-order valence-electron chi connectivity index (χ2n) is 3.93. The molecule has 0 spiro atoms. The number of para-hydroxylation sites is 1. The number of benzene rings is 1. The molecule has 2 rings (SSSR count). The minimum absolute atomic E-state index is 0.0556. The van der Waals surface area contributed by atoms with Crippen LogP contribution in [0.5, 0.6) is 0 Å². The van der Waals surface area contributed by atoms with Crippen LogP contribution >= 0.6 is 11.8 Å².